The lowest BCUT2D eigenvalue weighted by molar-refractivity contribution is -0.385. The number of nitrogens with zero attached hydrogens (tertiary/aromatic N) is 3. The number of halogens is 1. The van der Waals surface area contributed by atoms with E-state index in [1.165, 1.54) is 29.9 Å². The molecule has 0 spiro atoms. The number of amides is 1. The number of hydrogen-bond acceptors (Lipinski definition) is 5. The third kappa shape index (κ3) is 3.23. The van der Waals surface area contributed by atoms with Crippen LogP contribution in [-0.4, -0.2) is 20.4 Å². The number of nitrogens with one attached hydrogen (secondary N) is 1. The summed E-state index contributed by atoms with van der Waals surface area (Å²) < 4.78 is 1.28. The fraction of sp³-hybridized carbons (Fsp3) is 0.0833. The molecule has 2 heterocycles. The van der Waals surface area contributed by atoms with Crippen LogP contribution < -0.4 is 10.9 Å². The van der Waals surface area contributed by atoms with Gasteiger partial charge in [0, 0.05) is 25.4 Å². The number of carbonyl (C=O) groups is 1. The summed E-state index contributed by atoms with van der Waals surface area (Å²) in [5.74, 6) is -0.658. The van der Waals surface area contributed by atoms with Crippen molar-refractivity contribution in [2.45, 2.75) is 0 Å². The molecule has 0 aromatic carbocycles. The second-order valence-electron chi connectivity index (χ2n) is 4.11. The van der Waals surface area contributed by atoms with Gasteiger partial charge in [-0.3, -0.25) is 19.7 Å². The van der Waals surface area contributed by atoms with E-state index >= 15 is 0 Å². The van der Waals surface area contributed by atoms with Crippen LogP contribution in [0.1, 0.15) is 10.4 Å². The lowest BCUT2D eigenvalue weighted by Gasteiger charge is -2.07. The normalized spacial score (nSPS) is 10.2. The van der Waals surface area contributed by atoms with Crippen molar-refractivity contribution in [3.8, 4) is 0 Å². The van der Waals surface area contributed by atoms with E-state index in [1.54, 1.807) is 0 Å². The SMILES string of the molecule is Cn1cc(NC(=O)c2cc([N+](=O)[O-])cnc2Cl)ccc1=O. The minimum atomic E-state index is -0.674. The predicted octanol–water partition coefficient (Wildman–Crippen LogP) is 1.59. The van der Waals surface area contributed by atoms with E-state index < -0.39 is 10.8 Å². The Hall–Kier alpha value is -2.74. The van der Waals surface area contributed by atoms with Crippen LogP contribution in [0.3, 0.4) is 0 Å². The molecule has 8 nitrogen and oxygen atoms in total. The molecule has 1 amide bonds. The first-order valence-electron chi connectivity index (χ1n) is 5.66. The molecule has 0 aliphatic rings. The average Bonchev–Trinajstić information content (AvgIpc) is 2.43. The van der Waals surface area contributed by atoms with E-state index in [4.69, 9.17) is 11.6 Å². The molecule has 0 aliphatic heterocycles. The standard InChI is InChI=1S/C12H9ClN4O4/c1-16-6-7(2-3-10(16)18)15-12(19)9-4-8(17(20)21)5-14-11(9)13/h2-6H,1H3,(H,15,19). The predicted molar refractivity (Wildman–Crippen MR) is 75.5 cm³/mol. The molecule has 0 saturated heterocycles. The highest BCUT2D eigenvalue weighted by Crippen LogP contribution is 2.20. The van der Waals surface area contributed by atoms with Crippen molar-refractivity contribution in [2.24, 2.45) is 7.05 Å². The Morgan fingerprint density at radius 3 is 2.81 bits per heavy atom. The number of rotatable bonds is 3. The molecule has 0 unspecified atom stereocenters. The van der Waals surface area contributed by atoms with Crippen molar-refractivity contribution in [1.82, 2.24) is 9.55 Å². The topological polar surface area (TPSA) is 107 Å². The maximum absolute atomic E-state index is 12.1. The quantitative estimate of drug-likeness (QED) is 0.526. The minimum absolute atomic E-state index is 0.125. The zero-order valence-corrected chi connectivity index (χ0v) is 11.5. The molecule has 0 radical (unpaired) electrons. The van der Waals surface area contributed by atoms with E-state index in [1.807, 2.05) is 0 Å². The van der Waals surface area contributed by atoms with Crippen molar-refractivity contribution < 1.29 is 9.72 Å². The largest absolute Gasteiger partial charge is 0.321 e. The van der Waals surface area contributed by atoms with Gasteiger partial charge in [-0.15, -0.1) is 0 Å². The first-order valence-corrected chi connectivity index (χ1v) is 6.04. The van der Waals surface area contributed by atoms with E-state index in [0.717, 1.165) is 12.3 Å². The summed E-state index contributed by atoms with van der Waals surface area (Å²) in [6.07, 6.45) is 2.38. The van der Waals surface area contributed by atoms with E-state index in [2.05, 4.69) is 10.3 Å². The maximum Gasteiger partial charge on any atom is 0.288 e. The number of anilines is 1. The molecule has 9 heteroatoms. The summed E-state index contributed by atoms with van der Waals surface area (Å²) in [6.45, 7) is 0. The van der Waals surface area contributed by atoms with Gasteiger partial charge in [-0.25, -0.2) is 4.98 Å². The molecule has 0 aliphatic carbocycles. The highest BCUT2D eigenvalue weighted by atomic mass is 35.5. The minimum Gasteiger partial charge on any atom is -0.321 e. The van der Waals surface area contributed by atoms with Crippen LogP contribution in [0.15, 0.2) is 35.4 Å². The Morgan fingerprint density at radius 1 is 1.48 bits per heavy atom. The van der Waals surface area contributed by atoms with Crippen LogP contribution in [0.5, 0.6) is 0 Å². The monoisotopic (exact) mass is 308 g/mol. The Bertz CT molecular complexity index is 787. The second kappa shape index (κ2) is 5.71. The zero-order valence-electron chi connectivity index (χ0n) is 10.7. The number of aromatic nitrogens is 2. The number of aryl methyl sites for hydroxylation is 1. The first-order chi connectivity index (χ1) is 9.88. The summed E-state index contributed by atoms with van der Waals surface area (Å²) in [5, 5.41) is 13.0. The van der Waals surface area contributed by atoms with Gasteiger partial charge in [-0.05, 0) is 6.07 Å². The lowest BCUT2D eigenvalue weighted by atomic mass is 10.2. The lowest BCUT2D eigenvalue weighted by Crippen LogP contribution is -2.18. The van der Waals surface area contributed by atoms with E-state index in [9.17, 15) is 19.7 Å². The van der Waals surface area contributed by atoms with Crippen LogP contribution in [0.2, 0.25) is 5.15 Å². The van der Waals surface area contributed by atoms with Crippen LogP contribution in [0, 0.1) is 10.1 Å². The molecule has 1 N–H and O–H groups in total. The molecular weight excluding hydrogens is 300 g/mol. The Balaban J connectivity index is 2.31. The van der Waals surface area contributed by atoms with Gasteiger partial charge in [-0.1, -0.05) is 11.6 Å². The van der Waals surface area contributed by atoms with Crippen molar-refractivity contribution in [1.29, 1.82) is 0 Å². The highest BCUT2D eigenvalue weighted by molar-refractivity contribution is 6.33. The Morgan fingerprint density at radius 2 is 2.19 bits per heavy atom. The number of nitro groups is 1. The maximum atomic E-state index is 12.1. The number of carbonyl (C=O) groups excluding carboxylic acids is 1. The van der Waals surface area contributed by atoms with Gasteiger partial charge in [0.2, 0.25) is 5.56 Å². The van der Waals surface area contributed by atoms with Crippen LogP contribution in [-0.2, 0) is 7.05 Å². The van der Waals surface area contributed by atoms with Gasteiger partial charge in [-0.2, -0.15) is 0 Å². The van der Waals surface area contributed by atoms with Crippen LogP contribution in [0.4, 0.5) is 11.4 Å². The molecule has 2 rings (SSSR count). The van der Waals surface area contributed by atoms with Gasteiger partial charge in [0.15, 0.2) is 0 Å². The van der Waals surface area contributed by atoms with Crippen molar-refractivity contribution in [2.75, 3.05) is 5.32 Å². The summed E-state index contributed by atoms with van der Waals surface area (Å²) in [5.41, 5.74) is -0.350. The Kier molecular flexibility index (Phi) is 3.99. The second-order valence-corrected chi connectivity index (χ2v) is 4.47. The summed E-state index contributed by atoms with van der Waals surface area (Å²) in [7, 11) is 1.53. The average molecular weight is 309 g/mol. The molecule has 0 fully saturated rings. The summed E-state index contributed by atoms with van der Waals surface area (Å²) >= 11 is 5.77. The molecule has 2 aromatic heterocycles. The summed E-state index contributed by atoms with van der Waals surface area (Å²) in [6, 6.07) is 3.73. The van der Waals surface area contributed by atoms with Gasteiger partial charge < -0.3 is 9.88 Å². The van der Waals surface area contributed by atoms with Crippen LogP contribution >= 0.6 is 11.6 Å². The molecular formula is C12H9ClN4O4. The number of pyridine rings is 2. The van der Waals surface area contributed by atoms with Gasteiger partial charge >= 0.3 is 0 Å². The molecule has 2 aromatic rings. The fourth-order valence-corrected chi connectivity index (χ4v) is 1.75. The van der Waals surface area contributed by atoms with Crippen molar-refractivity contribution in [3.05, 3.63) is 61.8 Å². The molecule has 0 bridgehead atoms. The van der Waals surface area contributed by atoms with E-state index in [0.29, 0.717) is 5.69 Å². The third-order valence-corrected chi connectivity index (χ3v) is 2.92. The Labute approximate surface area is 123 Å². The molecule has 21 heavy (non-hydrogen) atoms. The molecule has 0 saturated carbocycles. The van der Waals surface area contributed by atoms with Crippen molar-refractivity contribution in [3.63, 3.8) is 0 Å². The zero-order chi connectivity index (χ0) is 15.6. The van der Waals surface area contributed by atoms with E-state index in [-0.39, 0.29) is 22.0 Å². The number of hydrogen-bond donors (Lipinski definition) is 1. The first kappa shape index (κ1) is 14.7. The van der Waals surface area contributed by atoms with Gasteiger partial charge in [0.1, 0.15) is 11.3 Å². The van der Waals surface area contributed by atoms with Gasteiger partial charge in [0.05, 0.1) is 16.2 Å². The molecule has 0 atom stereocenters. The third-order valence-electron chi connectivity index (χ3n) is 2.62. The summed E-state index contributed by atoms with van der Waals surface area (Å²) in [4.78, 5) is 36.9. The smallest absolute Gasteiger partial charge is 0.288 e. The van der Waals surface area contributed by atoms with Gasteiger partial charge in [0.25, 0.3) is 11.6 Å². The van der Waals surface area contributed by atoms with Crippen molar-refractivity contribution >= 4 is 28.9 Å². The fourth-order valence-electron chi connectivity index (χ4n) is 1.56. The highest BCUT2D eigenvalue weighted by Gasteiger charge is 2.17. The van der Waals surface area contributed by atoms with Crippen LogP contribution in [0.25, 0.3) is 0 Å². The molecule has 108 valence electrons.